The molecule has 0 radical (unpaired) electrons. The van der Waals surface area contributed by atoms with E-state index in [0.29, 0.717) is 18.5 Å². The van der Waals surface area contributed by atoms with Gasteiger partial charge >= 0.3 is 5.97 Å². The van der Waals surface area contributed by atoms with Crippen molar-refractivity contribution in [2.24, 2.45) is 0 Å². The molecule has 2 rings (SSSR count). The Bertz CT molecular complexity index is 505. The lowest BCUT2D eigenvalue weighted by Crippen LogP contribution is -2.43. The van der Waals surface area contributed by atoms with Crippen LogP contribution in [0.2, 0.25) is 0 Å². The smallest absolute Gasteiger partial charge is 0.326 e. The maximum Gasteiger partial charge on any atom is 0.326 e. The van der Waals surface area contributed by atoms with Gasteiger partial charge < -0.3 is 15.1 Å². The van der Waals surface area contributed by atoms with E-state index in [1.807, 2.05) is 0 Å². The van der Waals surface area contributed by atoms with Crippen LogP contribution in [0.1, 0.15) is 12.0 Å². The highest BCUT2D eigenvalue weighted by atomic mass is 79.9. The van der Waals surface area contributed by atoms with Gasteiger partial charge in [-0.3, -0.25) is 4.79 Å². The standard InChI is InChI=1S/C13H14BrNO4/c14-9-6-12(17)15(7-9)11(13(18)19)5-8-2-1-3-10(16)4-8/h1-4,9,11,16H,5-7H2,(H,18,19)/t9?,11-/m0/s1. The number of likely N-dealkylation sites (tertiary alicyclic amines) is 1. The maximum atomic E-state index is 11.8. The largest absolute Gasteiger partial charge is 0.508 e. The first kappa shape index (κ1) is 13.9. The van der Waals surface area contributed by atoms with Gasteiger partial charge in [0.1, 0.15) is 11.8 Å². The van der Waals surface area contributed by atoms with Crippen LogP contribution in [0, 0.1) is 0 Å². The summed E-state index contributed by atoms with van der Waals surface area (Å²) in [5, 5.41) is 18.7. The van der Waals surface area contributed by atoms with Crippen molar-refractivity contribution in [3.8, 4) is 5.75 Å². The molecule has 1 aliphatic heterocycles. The second-order valence-electron chi connectivity index (χ2n) is 4.58. The number of carboxylic acid groups (broad SMARTS) is 1. The number of carbonyl (C=O) groups is 2. The molecule has 1 saturated heterocycles. The molecule has 0 saturated carbocycles. The maximum absolute atomic E-state index is 11.8. The number of halogens is 1. The third-order valence-electron chi connectivity index (χ3n) is 3.11. The molecule has 1 aromatic carbocycles. The number of aliphatic carboxylic acids is 1. The summed E-state index contributed by atoms with van der Waals surface area (Å²) in [4.78, 5) is 24.5. The number of amides is 1. The number of phenols is 1. The Hall–Kier alpha value is -1.56. The van der Waals surface area contributed by atoms with Crippen molar-refractivity contribution >= 4 is 27.8 Å². The van der Waals surface area contributed by atoms with Gasteiger partial charge in [-0.1, -0.05) is 28.1 Å². The highest BCUT2D eigenvalue weighted by molar-refractivity contribution is 9.09. The zero-order chi connectivity index (χ0) is 14.0. The molecule has 5 nitrogen and oxygen atoms in total. The van der Waals surface area contributed by atoms with Crippen LogP contribution in [0.4, 0.5) is 0 Å². The lowest BCUT2D eigenvalue weighted by molar-refractivity contribution is -0.148. The summed E-state index contributed by atoms with van der Waals surface area (Å²) in [7, 11) is 0. The lowest BCUT2D eigenvalue weighted by atomic mass is 10.0. The molecule has 0 aliphatic carbocycles. The van der Waals surface area contributed by atoms with Crippen molar-refractivity contribution in [3.05, 3.63) is 29.8 Å². The summed E-state index contributed by atoms with van der Waals surface area (Å²) in [6, 6.07) is 5.54. The molecule has 1 aromatic rings. The van der Waals surface area contributed by atoms with Gasteiger partial charge in [-0.2, -0.15) is 0 Å². The molecule has 0 bridgehead atoms. The molecular formula is C13H14BrNO4. The summed E-state index contributed by atoms with van der Waals surface area (Å²) in [5.41, 5.74) is 0.693. The number of hydrogen-bond acceptors (Lipinski definition) is 3. The molecule has 6 heteroatoms. The van der Waals surface area contributed by atoms with Crippen LogP contribution in [-0.2, 0) is 16.0 Å². The topological polar surface area (TPSA) is 77.8 Å². The van der Waals surface area contributed by atoms with E-state index in [9.17, 15) is 19.8 Å². The molecule has 0 spiro atoms. The van der Waals surface area contributed by atoms with E-state index >= 15 is 0 Å². The number of aromatic hydroxyl groups is 1. The van der Waals surface area contributed by atoms with Gasteiger partial charge in [-0.25, -0.2) is 4.79 Å². The zero-order valence-corrected chi connectivity index (χ0v) is 11.7. The fraction of sp³-hybridized carbons (Fsp3) is 0.385. The molecule has 2 atom stereocenters. The zero-order valence-electron chi connectivity index (χ0n) is 10.1. The highest BCUT2D eigenvalue weighted by Gasteiger charge is 2.36. The van der Waals surface area contributed by atoms with Crippen LogP contribution in [0.25, 0.3) is 0 Å². The molecule has 1 fully saturated rings. The van der Waals surface area contributed by atoms with Crippen molar-refractivity contribution in [1.29, 1.82) is 0 Å². The molecule has 1 unspecified atom stereocenters. The van der Waals surface area contributed by atoms with E-state index < -0.39 is 12.0 Å². The second kappa shape index (κ2) is 5.61. The Morgan fingerprint density at radius 3 is 2.79 bits per heavy atom. The summed E-state index contributed by atoms with van der Waals surface area (Å²) < 4.78 is 0. The minimum absolute atomic E-state index is 0.00558. The van der Waals surface area contributed by atoms with Crippen molar-refractivity contribution in [3.63, 3.8) is 0 Å². The average Bonchev–Trinajstić information content (AvgIpc) is 2.65. The van der Waals surface area contributed by atoms with Crippen LogP contribution < -0.4 is 0 Å². The van der Waals surface area contributed by atoms with E-state index in [-0.39, 0.29) is 22.9 Å². The molecule has 1 heterocycles. The number of hydrogen-bond donors (Lipinski definition) is 2. The molecule has 1 amide bonds. The quantitative estimate of drug-likeness (QED) is 0.819. The normalized spacial score (nSPS) is 20.6. The molecule has 1 aliphatic rings. The van der Waals surface area contributed by atoms with Crippen LogP contribution >= 0.6 is 15.9 Å². The summed E-state index contributed by atoms with van der Waals surface area (Å²) in [6.45, 7) is 0.397. The van der Waals surface area contributed by atoms with Gasteiger partial charge in [-0.05, 0) is 17.7 Å². The van der Waals surface area contributed by atoms with Crippen molar-refractivity contribution in [1.82, 2.24) is 4.90 Å². The SMILES string of the molecule is O=C(O)[C@H](Cc1cccc(O)c1)N1CC(Br)CC1=O. The fourth-order valence-corrected chi connectivity index (χ4v) is 2.81. The summed E-state index contributed by atoms with van der Waals surface area (Å²) >= 11 is 3.34. The van der Waals surface area contributed by atoms with Crippen LogP contribution in [0.15, 0.2) is 24.3 Å². The summed E-state index contributed by atoms with van der Waals surface area (Å²) in [6.07, 6.45) is 0.513. The monoisotopic (exact) mass is 327 g/mol. The van der Waals surface area contributed by atoms with E-state index in [1.54, 1.807) is 12.1 Å². The highest BCUT2D eigenvalue weighted by Crippen LogP contribution is 2.23. The molecule has 19 heavy (non-hydrogen) atoms. The van der Waals surface area contributed by atoms with E-state index in [4.69, 9.17) is 0 Å². The number of benzene rings is 1. The molecule has 2 N–H and O–H groups in total. The molecule has 102 valence electrons. The van der Waals surface area contributed by atoms with E-state index in [2.05, 4.69) is 15.9 Å². The van der Waals surface area contributed by atoms with Gasteiger partial charge in [0.05, 0.1) is 0 Å². The van der Waals surface area contributed by atoms with Crippen molar-refractivity contribution < 1.29 is 19.8 Å². The summed E-state index contributed by atoms with van der Waals surface area (Å²) in [5.74, 6) is -1.10. The van der Waals surface area contributed by atoms with Crippen LogP contribution in [0.5, 0.6) is 5.75 Å². The third-order valence-corrected chi connectivity index (χ3v) is 3.73. The van der Waals surface area contributed by atoms with Crippen LogP contribution in [-0.4, -0.2) is 44.4 Å². The number of phenolic OH excluding ortho intramolecular Hbond substituents is 1. The number of rotatable bonds is 4. The minimum atomic E-state index is -1.03. The Kier molecular flexibility index (Phi) is 4.09. The average molecular weight is 328 g/mol. The van der Waals surface area contributed by atoms with Gasteiger partial charge in [0.25, 0.3) is 0 Å². The van der Waals surface area contributed by atoms with E-state index in [0.717, 1.165) is 0 Å². The number of nitrogens with zero attached hydrogens (tertiary/aromatic N) is 1. The number of carbonyl (C=O) groups excluding carboxylic acids is 1. The van der Waals surface area contributed by atoms with Crippen LogP contribution in [0.3, 0.4) is 0 Å². The Labute approximate surface area is 119 Å². The van der Waals surface area contributed by atoms with Crippen molar-refractivity contribution in [2.75, 3.05) is 6.54 Å². The first-order valence-corrected chi connectivity index (χ1v) is 6.83. The number of carboxylic acids is 1. The van der Waals surface area contributed by atoms with E-state index in [1.165, 1.54) is 17.0 Å². The Morgan fingerprint density at radius 1 is 1.53 bits per heavy atom. The predicted octanol–water partition coefficient (Wildman–Crippen LogP) is 1.38. The first-order chi connectivity index (χ1) is 8.97. The van der Waals surface area contributed by atoms with Gasteiger partial charge in [0.15, 0.2) is 0 Å². The minimum Gasteiger partial charge on any atom is -0.508 e. The number of alkyl halides is 1. The molecule has 0 aromatic heterocycles. The predicted molar refractivity (Wildman–Crippen MR) is 72.3 cm³/mol. The fourth-order valence-electron chi connectivity index (χ4n) is 2.23. The van der Waals surface area contributed by atoms with Gasteiger partial charge in [0, 0.05) is 24.2 Å². The second-order valence-corrected chi connectivity index (χ2v) is 5.87. The van der Waals surface area contributed by atoms with Gasteiger partial charge in [-0.15, -0.1) is 0 Å². The Morgan fingerprint density at radius 2 is 2.26 bits per heavy atom. The van der Waals surface area contributed by atoms with Gasteiger partial charge in [0.2, 0.25) is 5.91 Å². The Balaban J connectivity index is 2.17. The first-order valence-electron chi connectivity index (χ1n) is 5.91. The third kappa shape index (κ3) is 3.26. The van der Waals surface area contributed by atoms with Crippen molar-refractivity contribution in [2.45, 2.75) is 23.7 Å². The molecular weight excluding hydrogens is 314 g/mol. The lowest BCUT2D eigenvalue weighted by Gasteiger charge is -2.24.